The van der Waals surface area contributed by atoms with E-state index in [0.717, 1.165) is 42.1 Å². The number of carbonyl (C=O) groups is 1. The molecule has 1 heterocycles. The molecule has 0 aliphatic heterocycles. The highest BCUT2D eigenvalue weighted by Crippen LogP contribution is 2.21. The predicted octanol–water partition coefficient (Wildman–Crippen LogP) is 3.54. The number of benzene rings is 1. The van der Waals surface area contributed by atoms with Crippen LogP contribution in [-0.4, -0.2) is 22.1 Å². The number of aliphatic hydroxyl groups excluding tert-OH is 1. The van der Waals surface area contributed by atoms with Gasteiger partial charge in [-0.25, -0.2) is 0 Å². The normalized spacial score (nSPS) is 12.7. The third-order valence-corrected chi connectivity index (χ3v) is 4.41. The molecule has 2 aromatic rings. The molecular weight excluding hydrogens is 288 g/mol. The molecule has 0 radical (unpaired) electrons. The molecule has 1 aromatic heterocycles. The van der Waals surface area contributed by atoms with Crippen molar-refractivity contribution in [3.05, 3.63) is 36.0 Å². The van der Waals surface area contributed by atoms with Crippen molar-refractivity contribution < 1.29 is 9.90 Å². The van der Waals surface area contributed by atoms with Crippen LogP contribution in [0.2, 0.25) is 0 Å². The Kier molecular flexibility index (Phi) is 6.22. The van der Waals surface area contributed by atoms with Crippen LogP contribution in [0.15, 0.2) is 30.5 Å². The number of nitrogens with zero attached hydrogens (tertiary/aromatic N) is 1. The zero-order valence-corrected chi connectivity index (χ0v) is 14.4. The van der Waals surface area contributed by atoms with Crippen LogP contribution >= 0.6 is 0 Å². The Labute approximate surface area is 138 Å². The zero-order valence-electron chi connectivity index (χ0n) is 14.4. The molecule has 4 nitrogen and oxygen atoms in total. The molecule has 1 aromatic carbocycles. The third-order valence-electron chi connectivity index (χ3n) is 4.41. The van der Waals surface area contributed by atoms with Crippen LogP contribution in [0.3, 0.4) is 0 Å². The number of aliphatic hydroxyl groups is 1. The van der Waals surface area contributed by atoms with Crippen molar-refractivity contribution in [2.24, 2.45) is 13.0 Å². The van der Waals surface area contributed by atoms with Gasteiger partial charge in [0.15, 0.2) is 0 Å². The fourth-order valence-electron chi connectivity index (χ4n) is 3.07. The van der Waals surface area contributed by atoms with Crippen molar-refractivity contribution in [3.8, 4) is 0 Å². The average Bonchev–Trinajstić information content (AvgIpc) is 2.92. The Morgan fingerprint density at radius 2 is 1.91 bits per heavy atom. The van der Waals surface area contributed by atoms with Crippen molar-refractivity contribution in [1.82, 2.24) is 9.88 Å². The SMILES string of the molecule is CCCC(CCC)C(=O)NCC(O)c1ccc2c(ccn2C)c1. The fourth-order valence-corrected chi connectivity index (χ4v) is 3.07. The van der Waals surface area contributed by atoms with E-state index in [2.05, 4.69) is 19.2 Å². The second-order valence-electron chi connectivity index (χ2n) is 6.28. The average molecular weight is 316 g/mol. The van der Waals surface area contributed by atoms with Crippen LogP contribution in [0.1, 0.15) is 51.2 Å². The highest BCUT2D eigenvalue weighted by Gasteiger charge is 2.18. The zero-order chi connectivity index (χ0) is 16.8. The number of fused-ring (bicyclic) bond motifs is 1. The number of carbonyl (C=O) groups excluding carboxylic acids is 1. The monoisotopic (exact) mass is 316 g/mol. The van der Waals surface area contributed by atoms with E-state index in [1.807, 2.05) is 42.1 Å². The van der Waals surface area contributed by atoms with Crippen LogP contribution in [0, 0.1) is 5.92 Å². The quantitative estimate of drug-likeness (QED) is 0.782. The van der Waals surface area contributed by atoms with E-state index in [-0.39, 0.29) is 18.4 Å². The molecule has 0 bridgehead atoms. The number of aromatic nitrogens is 1. The maximum absolute atomic E-state index is 12.2. The Balaban J connectivity index is 1.97. The second-order valence-corrected chi connectivity index (χ2v) is 6.28. The van der Waals surface area contributed by atoms with Crippen molar-refractivity contribution in [2.45, 2.75) is 45.6 Å². The van der Waals surface area contributed by atoms with Crippen molar-refractivity contribution >= 4 is 16.8 Å². The minimum atomic E-state index is -0.674. The molecule has 0 fully saturated rings. The van der Waals surface area contributed by atoms with Gasteiger partial charge in [-0.2, -0.15) is 0 Å². The van der Waals surface area contributed by atoms with E-state index in [9.17, 15) is 9.90 Å². The van der Waals surface area contributed by atoms with Gasteiger partial charge in [-0.05, 0) is 42.0 Å². The summed E-state index contributed by atoms with van der Waals surface area (Å²) >= 11 is 0. The van der Waals surface area contributed by atoms with Gasteiger partial charge >= 0.3 is 0 Å². The lowest BCUT2D eigenvalue weighted by Crippen LogP contribution is -2.33. The van der Waals surface area contributed by atoms with Crippen LogP contribution in [-0.2, 0) is 11.8 Å². The number of nitrogens with one attached hydrogen (secondary N) is 1. The highest BCUT2D eigenvalue weighted by molar-refractivity contribution is 5.81. The topological polar surface area (TPSA) is 54.3 Å². The summed E-state index contributed by atoms with van der Waals surface area (Å²) in [6.07, 6.45) is 5.16. The first-order chi connectivity index (χ1) is 11.1. The van der Waals surface area contributed by atoms with Gasteiger partial charge in [-0.1, -0.05) is 32.8 Å². The van der Waals surface area contributed by atoms with Crippen molar-refractivity contribution in [2.75, 3.05) is 6.54 Å². The van der Waals surface area contributed by atoms with Crippen LogP contribution in [0.25, 0.3) is 10.9 Å². The summed E-state index contributed by atoms with van der Waals surface area (Å²) in [5.74, 6) is 0.127. The van der Waals surface area contributed by atoms with E-state index in [1.54, 1.807) is 0 Å². The molecule has 1 amide bonds. The van der Waals surface area contributed by atoms with Gasteiger partial charge in [0.25, 0.3) is 0 Å². The lowest BCUT2D eigenvalue weighted by atomic mass is 9.97. The molecule has 1 atom stereocenters. The van der Waals surface area contributed by atoms with Crippen molar-refractivity contribution in [3.63, 3.8) is 0 Å². The second kappa shape index (κ2) is 8.16. The largest absolute Gasteiger partial charge is 0.387 e. The number of aryl methyl sites for hydroxylation is 1. The Bertz CT molecular complexity index is 642. The van der Waals surface area contributed by atoms with Gasteiger partial charge in [-0.15, -0.1) is 0 Å². The molecule has 1 unspecified atom stereocenters. The molecule has 0 aliphatic carbocycles. The highest BCUT2D eigenvalue weighted by atomic mass is 16.3. The summed E-state index contributed by atoms with van der Waals surface area (Å²) in [6, 6.07) is 7.95. The minimum absolute atomic E-state index is 0.0635. The van der Waals surface area contributed by atoms with Crippen LogP contribution in [0.5, 0.6) is 0 Å². The maximum atomic E-state index is 12.2. The summed E-state index contributed by atoms with van der Waals surface area (Å²) in [4.78, 5) is 12.2. The maximum Gasteiger partial charge on any atom is 0.223 e. The number of hydrogen-bond acceptors (Lipinski definition) is 2. The third kappa shape index (κ3) is 4.35. The summed E-state index contributed by atoms with van der Waals surface area (Å²) in [5, 5.41) is 14.4. The standard InChI is InChI=1S/C19H28N2O2/c1-4-6-14(7-5-2)19(23)20-13-18(22)16-8-9-17-15(12-16)10-11-21(17)3/h8-12,14,18,22H,4-7,13H2,1-3H3,(H,20,23). The van der Waals surface area contributed by atoms with Crippen molar-refractivity contribution in [1.29, 1.82) is 0 Å². The van der Waals surface area contributed by atoms with E-state index in [0.29, 0.717) is 0 Å². The molecule has 2 rings (SSSR count). The Morgan fingerprint density at radius 1 is 1.22 bits per heavy atom. The first-order valence-corrected chi connectivity index (χ1v) is 8.57. The first-order valence-electron chi connectivity index (χ1n) is 8.57. The molecule has 23 heavy (non-hydrogen) atoms. The van der Waals surface area contributed by atoms with E-state index < -0.39 is 6.10 Å². The van der Waals surface area contributed by atoms with E-state index >= 15 is 0 Å². The van der Waals surface area contributed by atoms with Crippen LogP contribution < -0.4 is 5.32 Å². The van der Waals surface area contributed by atoms with Gasteiger partial charge in [-0.3, -0.25) is 4.79 Å². The van der Waals surface area contributed by atoms with Crippen LogP contribution in [0.4, 0.5) is 0 Å². The number of rotatable bonds is 8. The molecule has 0 saturated carbocycles. The number of amides is 1. The summed E-state index contributed by atoms with van der Waals surface area (Å²) in [7, 11) is 2.00. The lowest BCUT2D eigenvalue weighted by Gasteiger charge is -2.17. The summed E-state index contributed by atoms with van der Waals surface area (Å²) in [5.41, 5.74) is 1.97. The van der Waals surface area contributed by atoms with E-state index in [4.69, 9.17) is 0 Å². The van der Waals surface area contributed by atoms with Gasteiger partial charge in [0.2, 0.25) is 5.91 Å². The predicted molar refractivity (Wildman–Crippen MR) is 94.2 cm³/mol. The van der Waals surface area contributed by atoms with Gasteiger partial charge in [0.05, 0.1) is 6.10 Å². The fraction of sp³-hybridized carbons (Fsp3) is 0.526. The summed E-state index contributed by atoms with van der Waals surface area (Å²) in [6.45, 7) is 4.46. The Hall–Kier alpha value is -1.81. The lowest BCUT2D eigenvalue weighted by molar-refractivity contribution is -0.125. The Morgan fingerprint density at radius 3 is 2.57 bits per heavy atom. The molecule has 0 aliphatic rings. The molecule has 126 valence electrons. The molecule has 0 spiro atoms. The minimum Gasteiger partial charge on any atom is -0.387 e. The molecule has 2 N–H and O–H groups in total. The van der Waals surface area contributed by atoms with E-state index in [1.165, 1.54) is 0 Å². The smallest absolute Gasteiger partial charge is 0.223 e. The summed E-state index contributed by atoms with van der Waals surface area (Å²) < 4.78 is 2.05. The number of hydrogen-bond donors (Lipinski definition) is 2. The molecule has 4 heteroatoms. The molecule has 0 saturated heterocycles. The van der Waals surface area contributed by atoms with Gasteiger partial charge in [0, 0.05) is 31.2 Å². The van der Waals surface area contributed by atoms with Gasteiger partial charge < -0.3 is 15.0 Å². The van der Waals surface area contributed by atoms with Gasteiger partial charge in [0.1, 0.15) is 0 Å². The first kappa shape index (κ1) is 17.5. The molecular formula is C19H28N2O2.